The monoisotopic (exact) mass is 502 g/mol. The molecule has 0 atom stereocenters. The Morgan fingerprint density at radius 1 is 1.08 bits per heavy atom. The zero-order valence-corrected chi connectivity index (χ0v) is 20.5. The predicted molar refractivity (Wildman–Crippen MR) is 148 cm³/mol. The average molecular weight is 503 g/mol. The molecule has 1 saturated heterocycles. The molecule has 1 aliphatic rings. The highest BCUT2D eigenvalue weighted by Gasteiger charge is 2.17. The van der Waals surface area contributed by atoms with Crippen LogP contribution in [0.3, 0.4) is 0 Å². The Morgan fingerprint density at radius 2 is 1.92 bits per heavy atom. The van der Waals surface area contributed by atoms with E-state index in [1.807, 2.05) is 56.8 Å². The molecule has 37 heavy (non-hydrogen) atoms. The minimum Gasteiger partial charge on any atom is -0.378 e. The van der Waals surface area contributed by atoms with Crippen LogP contribution in [0.25, 0.3) is 22.0 Å². The van der Waals surface area contributed by atoms with Crippen molar-refractivity contribution in [1.29, 1.82) is 0 Å². The number of likely N-dealkylation sites (N-methyl/N-ethyl adjacent to an activating group) is 1. The predicted octanol–water partition coefficient (Wildman–Crippen LogP) is 3.72. The van der Waals surface area contributed by atoms with Crippen LogP contribution in [0.2, 0.25) is 0 Å². The molecular weight excluding hydrogens is 468 g/mol. The van der Waals surface area contributed by atoms with E-state index in [4.69, 9.17) is 4.74 Å². The molecule has 1 aliphatic heterocycles. The van der Waals surface area contributed by atoms with Crippen LogP contribution >= 0.6 is 0 Å². The Hall–Kier alpha value is -4.02. The van der Waals surface area contributed by atoms with Gasteiger partial charge in [-0.3, -0.25) is 14.9 Å². The van der Waals surface area contributed by atoms with E-state index < -0.39 is 0 Å². The summed E-state index contributed by atoms with van der Waals surface area (Å²) in [6.45, 7) is 4.82. The van der Waals surface area contributed by atoms with Crippen molar-refractivity contribution >= 4 is 34.0 Å². The van der Waals surface area contributed by atoms with Gasteiger partial charge in [0.15, 0.2) is 5.69 Å². The minimum absolute atomic E-state index is 0. The molecule has 1 amide bonds. The van der Waals surface area contributed by atoms with Crippen molar-refractivity contribution in [3.05, 3.63) is 60.7 Å². The second-order valence-electron chi connectivity index (χ2n) is 8.98. The molecule has 10 heteroatoms. The van der Waals surface area contributed by atoms with Crippen molar-refractivity contribution in [2.24, 2.45) is 0 Å². The number of nitrogens with zero attached hydrogens (tertiary/aromatic N) is 5. The van der Waals surface area contributed by atoms with Gasteiger partial charge in [-0.1, -0.05) is 13.5 Å². The van der Waals surface area contributed by atoms with Crippen LogP contribution in [0.5, 0.6) is 0 Å². The number of carbonyl (C=O) groups is 1. The largest absolute Gasteiger partial charge is 0.378 e. The van der Waals surface area contributed by atoms with Crippen LogP contribution in [0, 0.1) is 0 Å². The van der Waals surface area contributed by atoms with E-state index in [-0.39, 0.29) is 13.3 Å². The second kappa shape index (κ2) is 11.8. The van der Waals surface area contributed by atoms with Crippen LogP contribution in [0.1, 0.15) is 17.9 Å². The van der Waals surface area contributed by atoms with Crippen LogP contribution in [-0.2, 0) is 4.74 Å². The van der Waals surface area contributed by atoms with Gasteiger partial charge in [-0.25, -0.2) is 4.98 Å². The maximum Gasteiger partial charge on any atom is 0.276 e. The van der Waals surface area contributed by atoms with Gasteiger partial charge in [0.05, 0.1) is 42.5 Å². The normalized spacial score (nSPS) is 13.4. The Labute approximate surface area is 217 Å². The summed E-state index contributed by atoms with van der Waals surface area (Å²) in [5, 5.41) is 14.1. The van der Waals surface area contributed by atoms with E-state index in [1.165, 1.54) is 0 Å². The summed E-state index contributed by atoms with van der Waals surface area (Å²) in [6.07, 6.45) is 5.35. The first-order valence-electron chi connectivity index (χ1n) is 12.0. The summed E-state index contributed by atoms with van der Waals surface area (Å²) in [6, 6.07) is 11.7. The van der Waals surface area contributed by atoms with Gasteiger partial charge in [-0.15, -0.1) is 0 Å². The number of amides is 1. The van der Waals surface area contributed by atoms with Gasteiger partial charge in [-0.05, 0) is 50.0 Å². The number of rotatable bonds is 8. The maximum absolute atomic E-state index is 13.1. The summed E-state index contributed by atoms with van der Waals surface area (Å²) in [7, 11) is 4.05. The number of hydrogen-bond donors (Lipinski definition) is 3. The molecule has 0 radical (unpaired) electrons. The number of aromatic amines is 1. The first-order valence-corrected chi connectivity index (χ1v) is 12.0. The topological polar surface area (TPSA) is 111 Å². The van der Waals surface area contributed by atoms with E-state index >= 15 is 0 Å². The van der Waals surface area contributed by atoms with Crippen molar-refractivity contribution in [2.75, 3.05) is 69.0 Å². The van der Waals surface area contributed by atoms with Crippen LogP contribution < -0.4 is 15.5 Å². The lowest BCUT2D eigenvalue weighted by molar-refractivity contribution is 0.102. The fraction of sp³-hybridized carbons (Fsp3) is 0.333. The Bertz CT molecular complexity index is 1330. The summed E-state index contributed by atoms with van der Waals surface area (Å²) in [5.74, 6) is 0.464. The lowest BCUT2D eigenvalue weighted by Gasteiger charge is -2.28. The molecule has 0 spiro atoms. The van der Waals surface area contributed by atoms with Gasteiger partial charge in [0.2, 0.25) is 0 Å². The number of benzene rings is 1. The number of pyridine rings is 2. The molecule has 0 saturated carbocycles. The van der Waals surface area contributed by atoms with E-state index in [1.54, 1.807) is 6.20 Å². The third kappa shape index (κ3) is 6.22. The number of hydrogen-bond acceptors (Lipinski definition) is 8. The van der Waals surface area contributed by atoms with E-state index in [9.17, 15) is 4.79 Å². The molecule has 194 valence electrons. The van der Waals surface area contributed by atoms with Gasteiger partial charge in [0.25, 0.3) is 5.91 Å². The van der Waals surface area contributed by atoms with Gasteiger partial charge >= 0.3 is 0 Å². The maximum atomic E-state index is 13.1. The highest BCUT2D eigenvalue weighted by molar-refractivity contribution is 6.11. The highest BCUT2D eigenvalue weighted by atomic mass is 16.5. The number of morpholine rings is 1. The molecule has 0 unspecified atom stereocenters. The number of anilines is 3. The smallest absolute Gasteiger partial charge is 0.276 e. The van der Waals surface area contributed by atoms with Gasteiger partial charge < -0.3 is 25.2 Å². The fourth-order valence-electron chi connectivity index (χ4n) is 4.12. The van der Waals surface area contributed by atoms with E-state index in [0.717, 1.165) is 72.9 Å². The zero-order chi connectivity index (χ0) is 24.9. The lowest BCUT2D eigenvalue weighted by Crippen LogP contribution is -2.36. The number of ether oxygens (including phenoxy) is 1. The number of aromatic nitrogens is 4. The average Bonchev–Trinajstić information content (AvgIpc) is 3.34. The fourth-order valence-corrected chi connectivity index (χ4v) is 4.12. The van der Waals surface area contributed by atoms with Crippen molar-refractivity contribution < 1.29 is 9.53 Å². The molecule has 5 rings (SSSR count). The molecule has 1 aromatic carbocycles. The van der Waals surface area contributed by atoms with Gasteiger partial charge in [0, 0.05) is 43.3 Å². The Morgan fingerprint density at radius 3 is 2.68 bits per heavy atom. The molecule has 4 heterocycles. The van der Waals surface area contributed by atoms with Gasteiger partial charge in [0.1, 0.15) is 5.82 Å². The number of carbonyl (C=O) groups excluding carboxylic acids is 1. The van der Waals surface area contributed by atoms with E-state index in [0.29, 0.717) is 11.4 Å². The molecule has 0 bridgehead atoms. The Balaban J connectivity index is 0.00000320. The number of H-pyrrole nitrogens is 1. The third-order valence-corrected chi connectivity index (χ3v) is 6.10. The van der Waals surface area contributed by atoms with Crippen LogP contribution in [0.4, 0.5) is 17.2 Å². The van der Waals surface area contributed by atoms with Crippen molar-refractivity contribution in [1.82, 2.24) is 25.1 Å². The molecule has 0 aliphatic carbocycles. The summed E-state index contributed by atoms with van der Waals surface area (Å²) in [5.41, 5.74) is 4.74. The molecule has 3 aromatic heterocycles. The SMILES string of the molecule is C.CN(C)CCNc1ccc(NC(=O)c2n[nH]c3ccc(-c4cncc(N5CCOCC5)c4)cc23)cn1. The van der Waals surface area contributed by atoms with Crippen molar-refractivity contribution in [3.63, 3.8) is 0 Å². The summed E-state index contributed by atoms with van der Waals surface area (Å²) in [4.78, 5) is 26.3. The second-order valence-corrected chi connectivity index (χ2v) is 8.98. The Kier molecular flexibility index (Phi) is 8.32. The summed E-state index contributed by atoms with van der Waals surface area (Å²) < 4.78 is 5.46. The zero-order valence-electron chi connectivity index (χ0n) is 20.5. The standard InChI is InChI=1S/C26H30N8O2.CH4/c1-33(2)8-7-28-24-6-4-20(16-29-24)30-26(35)25-22-14-18(3-5-23(22)31-32-25)19-13-21(17-27-15-19)34-9-11-36-12-10-34;/h3-6,13-17H,7-12H2,1-2H3,(H,28,29)(H,30,35)(H,31,32);1H4. The van der Waals surface area contributed by atoms with Crippen LogP contribution in [-0.4, -0.2) is 84.5 Å². The van der Waals surface area contributed by atoms with Crippen LogP contribution in [0.15, 0.2) is 55.0 Å². The number of nitrogens with one attached hydrogen (secondary N) is 3. The van der Waals surface area contributed by atoms with Gasteiger partial charge in [-0.2, -0.15) is 5.10 Å². The minimum atomic E-state index is -0.297. The summed E-state index contributed by atoms with van der Waals surface area (Å²) >= 11 is 0. The van der Waals surface area contributed by atoms with E-state index in [2.05, 4.69) is 46.7 Å². The molecule has 3 N–H and O–H groups in total. The third-order valence-electron chi connectivity index (χ3n) is 6.10. The molecule has 1 fully saturated rings. The number of fused-ring (bicyclic) bond motifs is 1. The van der Waals surface area contributed by atoms with Crippen molar-refractivity contribution in [2.45, 2.75) is 7.43 Å². The first kappa shape index (κ1) is 26.1. The lowest BCUT2D eigenvalue weighted by atomic mass is 10.0. The quantitative estimate of drug-likeness (QED) is 0.334. The molecular formula is C27H34N8O2. The highest BCUT2D eigenvalue weighted by Crippen LogP contribution is 2.28. The first-order chi connectivity index (χ1) is 17.6. The van der Waals surface area contributed by atoms with Crippen molar-refractivity contribution in [3.8, 4) is 11.1 Å². The molecule has 4 aromatic rings. The molecule has 10 nitrogen and oxygen atoms in total.